The normalized spacial score (nSPS) is 12.2. The van der Waals surface area contributed by atoms with Crippen molar-refractivity contribution < 1.29 is 22.4 Å². The molecule has 7 nitrogen and oxygen atoms in total. The third-order valence-electron chi connectivity index (χ3n) is 6.54. The molecular weight excluding hydrogens is 529 g/mol. The van der Waals surface area contributed by atoms with Crippen LogP contribution in [-0.4, -0.2) is 50.5 Å². The van der Waals surface area contributed by atoms with E-state index in [1.807, 2.05) is 63.2 Å². The molecule has 0 spiro atoms. The zero-order chi connectivity index (χ0) is 29.3. The van der Waals surface area contributed by atoms with Crippen molar-refractivity contribution in [2.75, 3.05) is 23.7 Å². The van der Waals surface area contributed by atoms with Gasteiger partial charge in [-0.1, -0.05) is 81.4 Å². The summed E-state index contributed by atoms with van der Waals surface area (Å²) in [5.41, 5.74) is 2.66. The minimum absolute atomic E-state index is 0.00125. The molecule has 0 saturated carbocycles. The third-order valence-corrected chi connectivity index (χ3v) is 7.67. The number of para-hydroxylation sites is 1. The quantitative estimate of drug-likeness (QED) is 0.328. The molecule has 0 aliphatic carbocycles. The Labute approximate surface area is 237 Å². The van der Waals surface area contributed by atoms with Gasteiger partial charge in [0.1, 0.15) is 18.4 Å². The lowest BCUT2D eigenvalue weighted by Gasteiger charge is -2.34. The summed E-state index contributed by atoms with van der Waals surface area (Å²) in [6.45, 7) is 5.80. The van der Waals surface area contributed by atoms with E-state index in [1.54, 1.807) is 24.3 Å². The van der Waals surface area contributed by atoms with E-state index in [4.69, 9.17) is 0 Å². The molecule has 9 heteroatoms. The first-order chi connectivity index (χ1) is 19.0. The van der Waals surface area contributed by atoms with Gasteiger partial charge < -0.3 is 10.2 Å². The Hall–Kier alpha value is -3.72. The van der Waals surface area contributed by atoms with Gasteiger partial charge in [0, 0.05) is 19.5 Å². The Kier molecular flexibility index (Phi) is 10.8. The van der Waals surface area contributed by atoms with E-state index in [-0.39, 0.29) is 24.8 Å². The number of benzene rings is 3. The maximum absolute atomic E-state index is 14.1. The lowest BCUT2D eigenvalue weighted by Crippen LogP contribution is -2.53. The summed E-state index contributed by atoms with van der Waals surface area (Å²) in [4.78, 5) is 29.1. The molecule has 2 amide bonds. The number of halogens is 1. The highest BCUT2D eigenvalue weighted by Gasteiger charge is 2.33. The van der Waals surface area contributed by atoms with Gasteiger partial charge in [-0.3, -0.25) is 13.9 Å². The average Bonchev–Trinajstić information content (AvgIpc) is 2.93. The molecule has 0 radical (unpaired) electrons. The molecule has 0 bridgehead atoms. The van der Waals surface area contributed by atoms with E-state index >= 15 is 0 Å². The van der Waals surface area contributed by atoms with Crippen LogP contribution in [0.15, 0.2) is 78.9 Å². The summed E-state index contributed by atoms with van der Waals surface area (Å²) in [5, 5.41) is 2.94. The number of rotatable bonds is 13. The number of amides is 2. The van der Waals surface area contributed by atoms with E-state index in [0.717, 1.165) is 21.7 Å². The van der Waals surface area contributed by atoms with Crippen LogP contribution in [0.2, 0.25) is 0 Å². The molecule has 3 rings (SSSR count). The number of nitrogens with zero attached hydrogens (tertiary/aromatic N) is 2. The molecule has 0 heterocycles. The Bertz CT molecular complexity index is 1380. The van der Waals surface area contributed by atoms with Crippen molar-refractivity contribution in [2.45, 2.75) is 46.2 Å². The van der Waals surface area contributed by atoms with Gasteiger partial charge in [-0.05, 0) is 47.2 Å². The van der Waals surface area contributed by atoms with E-state index in [9.17, 15) is 22.4 Å². The maximum atomic E-state index is 14.1. The van der Waals surface area contributed by atoms with E-state index in [2.05, 4.69) is 5.32 Å². The molecule has 0 fully saturated rings. The zero-order valence-electron chi connectivity index (χ0n) is 23.5. The van der Waals surface area contributed by atoms with Gasteiger partial charge >= 0.3 is 0 Å². The molecule has 214 valence electrons. The number of hydrogen-bond acceptors (Lipinski definition) is 4. The molecule has 0 unspecified atom stereocenters. The average molecular weight is 568 g/mol. The van der Waals surface area contributed by atoms with Crippen LogP contribution < -0.4 is 9.62 Å². The van der Waals surface area contributed by atoms with E-state index in [1.165, 1.54) is 17.0 Å². The monoisotopic (exact) mass is 567 g/mol. The second-order valence-corrected chi connectivity index (χ2v) is 12.2. The topological polar surface area (TPSA) is 86.8 Å². The van der Waals surface area contributed by atoms with Crippen LogP contribution >= 0.6 is 0 Å². The van der Waals surface area contributed by atoms with Crippen LogP contribution in [0.25, 0.3) is 0 Å². The summed E-state index contributed by atoms with van der Waals surface area (Å²) in [5.74, 6) is -1.11. The van der Waals surface area contributed by atoms with Gasteiger partial charge in [-0.15, -0.1) is 0 Å². The summed E-state index contributed by atoms with van der Waals surface area (Å²) in [6.07, 6.45) is 1.86. The summed E-state index contributed by atoms with van der Waals surface area (Å²) < 4.78 is 40.7. The Morgan fingerprint density at radius 3 is 2.12 bits per heavy atom. The molecule has 0 aliphatic heterocycles. The van der Waals surface area contributed by atoms with Gasteiger partial charge in [0.25, 0.3) is 0 Å². The molecule has 0 aromatic heterocycles. The summed E-state index contributed by atoms with van der Waals surface area (Å²) >= 11 is 0. The van der Waals surface area contributed by atoms with Crippen LogP contribution in [0.3, 0.4) is 0 Å². The van der Waals surface area contributed by atoms with Crippen LogP contribution in [0.1, 0.15) is 37.5 Å². The standard InChI is InChI=1S/C31H38FN3O4S/c1-5-26-13-9-10-14-28(26)35(40(4,38)39)22-30(36)34(21-25-15-17-27(32)18-16-25)29(31(37)33-20-23(2)3)19-24-11-7-6-8-12-24/h6-18,23,29H,5,19-22H2,1-4H3,(H,33,37)/t29-/m0/s1. The fourth-order valence-corrected chi connectivity index (χ4v) is 5.29. The molecule has 0 aliphatic rings. The Morgan fingerprint density at radius 2 is 1.52 bits per heavy atom. The van der Waals surface area contributed by atoms with Gasteiger partial charge in [-0.25, -0.2) is 12.8 Å². The van der Waals surface area contributed by atoms with Gasteiger partial charge in [0.15, 0.2) is 0 Å². The second-order valence-electron chi connectivity index (χ2n) is 10.2. The van der Waals surface area contributed by atoms with Gasteiger partial charge in [-0.2, -0.15) is 0 Å². The largest absolute Gasteiger partial charge is 0.354 e. The lowest BCUT2D eigenvalue weighted by molar-refractivity contribution is -0.140. The minimum Gasteiger partial charge on any atom is -0.354 e. The molecule has 3 aromatic carbocycles. The predicted molar refractivity (Wildman–Crippen MR) is 157 cm³/mol. The first kappa shape index (κ1) is 30.8. The molecule has 1 N–H and O–H groups in total. The predicted octanol–water partition coefficient (Wildman–Crippen LogP) is 4.57. The number of carbonyl (C=O) groups is 2. The third kappa shape index (κ3) is 8.64. The van der Waals surface area contributed by atoms with Gasteiger partial charge in [0.2, 0.25) is 21.8 Å². The highest BCUT2D eigenvalue weighted by Crippen LogP contribution is 2.24. The molecule has 3 aromatic rings. The van der Waals surface area contributed by atoms with Crippen molar-refractivity contribution in [1.29, 1.82) is 0 Å². The van der Waals surface area contributed by atoms with Crippen LogP contribution in [-0.2, 0) is 39.0 Å². The number of anilines is 1. The number of nitrogens with one attached hydrogen (secondary N) is 1. The van der Waals surface area contributed by atoms with Crippen LogP contribution in [0, 0.1) is 11.7 Å². The molecule has 1 atom stereocenters. The van der Waals surface area contributed by atoms with Crippen molar-refractivity contribution in [2.24, 2.45) is 5.92 Å². The fraction of sp³-hybridized carbons (Fsp3) is 0.355. The van der Waals surface area contributed by atoms with Crippen LogP contribution in [0.5, 0.6) is 0 Å². The van der Waals surface area contributed by atoms with Crippen molar-refractivity contribution in [3.05, 3.63) is 101 Å². The zero-order valence-corrected chi connectivity index (χ0v) is 24.3. The number of carbonyl (C=O) groups excluding carboxylic acids is 2. The smallest absolute Gasteiger partial charge is 0.244 e. The number of aryl methyl sites for hydroxylation is 1. The molecule has 40 heavy (non-hydrogen) atoms. The van der Waals surface area contributed by atoms with E-state index < -0.39 is 34.3 Å². The maximum Gasteiger partial charge on any atom is 0.244 e. The SMILES string of the molecule is CCc1ccccc1N(CC(=O)N(Cc1ccc(F)cc1)[C@@H](Cc1ccccc1)C(=O)NCC(C)C)S(C)(=O)=O. The second kappa shape index (κ2) is 14.1. The molecular formula is C31H38FN3O4S. The first-order valence-corrected chi connectivity index (χ1v) is 15.3. The van der Waals surface area contributed by atoms with E-state index in [0.29, 0.717) is 24.2 Å². The number of sulfonamides is 1. The van der Waals surface area contributed by atoms with Crippen molar-refractivity contribution >= 4 is 27.5 Å². The van der Waals surface area contributed by atoms with Crippen molar-refractivity contribution in [3.8, 4) is 0 Å². The van der Waals surface area contributed by atoms with Gasteiger partial charge in [0.05, 0.1) is 11.9 Å². The Morgan fingerprint density at radius 1 is 0.900 bits per heavy atom. The highest BCUT2D eigenvalue weighted by atomic mass is 32.2. The summed E-state index contributed by atoms with van der Waals surface area (Å²) in [7, 11) is -3.85. The lowest BCUT2D eigenvalue weighted by atomic mass is 10.0. The Balaban J connectivity index is 2.06. The minimum atomic E-state index is -3.85. The molecule has 0 saturated heterocycles. The fourth-order valence-electron chi connectivity index (χ4n) is 4.41. The highest BCUT2D eigenvalue weighted by molar-refractivity contribution is 7.92. The first-order valence-electron chi connectivity index (χ1n) is 13.4. The summed E-state index contributed by atoms with van der Waals surface area (Å²) in [6, 6.07) is 21.2. The number of hydrogen-bond donors (Lipinski definition) is 1. The van der Waals surface area contributed by atoms with Crippen LogP contribution in [0.4, 0.5) is 10.1 Å². The van der Waals surface area contributed by atoms with Crippen molar-refractivity contribution in [1.82, 2.24) is 10.2 Å². The van der Waals surface area contributed by atoms with Crippen molar-refractivity contribution in [3.63, 3.8) is 0 Å².